The maximum atomic E-state index is 11.7. The molecular weight excluding hydrogens is 190 g/mol. The lowest BCUT2D eigenvalue weighted by Crippen LogP contribution is -2.36. The van der Waals surface area contributed by atoms with Crippen LogP contribution in [0.1, 0.15) is 27.2 Å². The fourth-order valence-corrected chi connectivity index (χ4v) is 1.54. The normalized spacial score (nSPS) is 10.4. The second-order valence-corrected chi connectivity index (χ2v) is 3.73. The number of amides is 1. The summed E-state index contributed by atoms with van der Waals surface area (Å²) in [5, 5.41) is 9.36. The summed E-state index contributed by atoms with van der Waals surface area (Å²) in [6.45, 7) is 5.75. The van der Waals surface area contributed by atoms with Crippen molar-refractivity contribution in [2.75, 3.05) is 4.90 Å². The van der Waals surface area contributed by atoms with E-state index in [4.69, 9.17) is 0 Å². The van der Waals surface area contributed by atoms with Gasteiger partial charge in [0.1, 0.15) is 5.75 Å². The van der Waals surface area contributed by atoms with Crippen molar-refractivity contribution in [3.63, 3.8) is 0 Å². The van der Waals surface area contributed by atoms with E-state index in [0.717, 1.165) is 5.69 Å². The zero-order valence-electron chi connectivity index (χ0n) is 9.40. The molecule has 1 rings (SSSR count). The van der Waals surface area contributed by atoms with E-state index in [-0.39, 0.29) is 17.7 Å². The zero-order chi connectivity index (χ0) is 11.4. The van der Waals surface area contributed by atoms with Crippen LogP contribution in [-0.4, -0.2) is 17.1 Å². The van der Waals surface area contributed by atoms with Crippen molar-refractivity contribution in [2.45, 2.75) is 33.2 Å². The fourth-order valence-electron chi connectivity index (χ4n) is 1.54. The van der Waals surface area contributed by atoms with Crippen molar-refractivity contribution in [3.05, 3.63) is 24.3 Å². The van der Waals surface area contributed by atoms with Gasteiger partial charge >= 0.3 is 0 Å². The number of phenolic OH excluding ortho intramolecular Hbond substituents is 1. The van der Waals surface area contributed by atoms with Crippen LogP contribution < -0.4 is 4.90 Å². The maximum absolute atomic E-state index is 11.7. The number of anilines is 1. The Morgan fingerprint density at radius 2 is 2.13 bits per heavy atom. The summed E-state index contributed by atoms with van der Waals surface area (Å²) in [7, 11) is 0. The molecule has 3 nitrogen and oxygen atoms in total. The average molecular weight is 207 g/mol. The predicted octanol–water partition coefficient (Wildman–Crippen LogP) is 2.54. The summed E-state index contributed by atoms with van der Waals surface area (Å²) in [6, 6.07) is 6.86. The second-order valence-electron chi connectivity index (χ2n) is 3.73. The molecule has 0 aromatic heterocycles. The van der Waals surface area contributed by atoms with Gasteiger partial charge in [-0.1, -0.05) is 13.0 Å². The largest absolute Gasteiger partial charge is 0.508 e. The van der Waals surface area contributed by atoms with Crippen molar-refractivity contribution in [1.82, 2.24) is 0 Å². The van der Waals surface area contributed by atoms with Gasteiger partial charge in [0, 0.05) is 24.2 Å². The quantitative estimate of drug-likeness (QED) is 0.827. The summed E-state index contributed by atoms with van der Waals surface area (Å²) < 4.78 is 0. The maximum Gasteiger partial charge on any atom is 0.226 e. The standard InChI is InChI=1S/C12H17NO2/c1-4-12(15)13(9(2)3)10-6-5-7-11(14)8-10/h5-9,14H,4H2,1-3H3. The van der Waals surface area contributed by atoms with Crippen molar-refractivity contribution in [2.24, 2.45) is 0 Å². The molecule has 0 saturated heterocycles. The Balaban J connectivity index is 3.04. The predicted molar refractivity (Wildman–Crippen MR) is 61.0 cm³/mol. The molecule has 0 heterocycles. The zero-order valence-corrected chi connectivity index (χ0v) is 9.40. The van der Waals surface area contributed by atoms with E-state index in [1.165, 1.54) is 0 Å². The molecule has 0 fully saturated rings. The van der Waals surface area contributed by atoms with Crippen molar-refractivity contribution >= 4 is 11.6 Å². The van der Waals surface area contributed by atoms with Gasteiger partial charge < -0.3 is 10.0 Å². The molecule has 1 N–H and O–H groups in total. The van der Waals surface area contributed by atoms with E-state index < -0.39 is 0 Å². The molecule has 0 atom stereocenters. The Kier molecular flexibility index (Phi) is 3.72. The minimum Gasteiger partial charge on any atom is -0.508 e. The van der Waals surface area contributed by atoms with Crippen LogP contribution in [-0.2, 0) is 4.79 Å². The monoisotopic (exact) mass is 207 g/mol. The number of carbonyl (C=O) groups is 1. The Labute approximate surface area is 90.3 Å². The second kappa shape index (κ2) is 4.82. The number of rotatable bonds is 3. The number of hydrogen-bond donors (Lipinski definition) is 1. The molecule has 1 aromatic carbocycles. The van der Waals surface area contributed by atoms with E-state index in [0.29, 0.717) is 6.42 Å². The summed E-state index contributed by atoms with van der Waals surface area (Å²) in [6.07, 6.45) is 0.466. The molecule has 0 aliphatic carbocycles. The molecule has 0 unspecified atom stereocenters. The van der Waals surface area contributed by atoms with Crippen LogP contribution in [0.25, 0.3) is 0 Å². The van der Waals surface area contributed by atoms with Crippen LogP contribution >= 0.6 is 0 Å². The van der Waals surface area contributed by atoms with Crippen molar-refractivity contribution in [1.29, 1.82) is 0 Å². The van der Waals surface area contributed by atoms with E-state index in [2.05, 4.69) is 0 Å². The first kappa shape index (κ1) is 11.6. The molecule has 82 valence electrons. The van der Waals surface area contributed by atoms with Crippen LogP contribution in [0.2, 0.25) is 0 Å². The van der Waals surface area contributed by atoms with E-state index in [1.54, 1.807) is 23.1 Å². The third-order valence-electron chi connectivity index (χ3n) is 2.20. The number of phenols is 1. The molecule has 1 aromatic rings. The molecule has 0 bridgehead atoms. The third-order valence-corrected chi connectivity index (χ3v) is 2.20. The first-order valence-corrected chi connectivity index (χ1v) is 5.17. The highest BCUT2D eigenvalue weighted by atomic mass is 16.3. The summed E-state index contributed by atoms with van der Waals surface area (Å²) in [5.74, 6) is 0.248. The number of benzene rings is 1. The lowest BCUT2D eigenvalue weighted by molar-refractivity contribution is -0.118. The lowest BCUT2D eigenvalue weighted by atomic mass is 10.2. The number of nitrogens with zero attached hydrogens (tertiary/aromatic N) is 1. The van der Waals surface area contributed by atoms with Gasteiger partial charge in [0.2, 0.25) is 5.91 Å². The van der Waals surface area contributed by atoms with Gasteiger partial charge in [-0.2, -0.15) is 0 Å². The van der Waals surface area contributed by atoms with E-state index in [1.807, 2.05) is 26.8 Å². The van der Waals surface area contributed by atoms with E-state index >= 15 is 0 Å². The lowest BCUT2D eigenvalue weighted by Gasteiger charge is -2.26. The van der Waals surface area contributed by atoms with Crippen LogP contribution in [0.3, 0.4) is 0 Å². The number of carbonyl (C=O) groups excluding carboxylic acids is 1. The molecule has 3 heteroatoms. The Morgan fingerprint density at radius 1 is 1.47 bits per heavy atom. The molecule has 0 spiro atoms. The number of aromatic hydroxyl groups is 1. The van der Waals surface area contributed by atoms with E-state index in [9.17, 15) is 9.90 Å². The summed E-state index contributed by atoms with van der Waals surface area (Å²) >= 11 is 0. The SMILES string of the molecule is CCC(=O)N(c1cccc(O)c1)C(C)C. The van der Waals surface area contributed by atoms with Crippen LogP contribution in [0.15, 0.2) is 24.3 Å². The van der Waals surface area contributed by atoms with Crippen LogP contribution in [0.5, 0.6) is 5.75 Å². The summed E-state index contributed by atoms with van der Waals surface area (Å²) in [4.78, 5) is 13.4. The first-order valence-electron chi connectivity index (χ1n) is 5.17. The summed E-state index contributed by atoms with van der Waals surface area (Å²) in [5.41, 5.74) is 0.747. The van der Waals surface area contributed by atoms with Gasteiger partial charge in [-0.15, -0.1) is 0 Å². The van der Waals surface area contributed by atoms with Gasteiger partial charge in [0.15, 0.2) is 0 Å². The van der Waals surface area contributed by atoms with Crippen molar-refractivity contribution < 1.29 is 9.90 Å². The van der Waals surface area contributed by atoms with Gasteiger partial charge in [-0.3, -0.25) is 4.79 Å². The minimum absolute atomic E-state index is 0.0654. The molecular formula is C12H17NO2. The van der Waals surface area contributed by atoms with Gasteiger partial charge in [0.25, 0.3) is 0 Å². The Bertz CT molecular complexity index is 347. The number of hydrogen-bond acceptors (Lipinski definition) is 2. The van der Waals surface area contributed by atoms with Crippen LogP contribution in [0.4, 0.5) is 5.69 Å². The molecule has 0 radical (unpaired) electrons. The van der Waals surface area contributed by atoms with Gasteiger partial charge in [-0.25, -0.2) is 0 Å². The van der Waals surface area contributed by atoms with Gasteiger partial charge in [-0.05, 0) is 26.0 Å². The molecule has 1 amide bonds. The fraction of sp³-hybridized carbons (Fsp3) is 0.417. The molecule has 0 aliphatic rings. The Morgan fingerprint density at radius 3 is 2.60 bits per heavy atom. The third kappa shape index (κ3) is 2.72. The topological polar surface area (TPSA) is 40.5 Å². The molecule has 0 saturated carbocycles. The molecule has 0 aliphatic heterocycles. The van der Waals surface area contributed by atoms with Gasteiger partial charge in [0.05, 0.1) is 0 Å². The highest BCUT2D eigenvalue weighted by molar-refractivity contribution is 5.93. The van der Waals surface area contributed by atoms with Crippen molar-refractivity contribution in [3.8, 4) is 5.75 Å². The highest BCUT2D eigenvalue weighted by Crippen LogP contribution is 2.22. The average Bonchev–Trinajstić information content (AvgIpc) is 2.17. The Hall–Kier alpha value is -1.51. The molecule has 15 heavy (non-hydrogen) atoms. The van der Waals surface area contributed by atoms with Crippen LogP contribution in [0, 0.1) is 0 Å². The highest BCUT2D eigenvalue weighted by Gasteiger charge is 2.17. The minimum atomic E-state index is 0.0654. The first-order chi connectivity index (χ1) is 7.06. The smallest absolute Gasteiger partial charge is 0.226 e.